The third kappa shape index (κ3) is 1.63. The van der Waals surface area contributed by atoms with E-state index >= 15 is 0 Å². The van der Waals surface area contributed by atoms with Gasteiger partial charge in [-0.25, -0.2) is 9.67 Å². The van der Waals surface area contributed by atoms with Crippen molar-refractivity contribution in [1.29, 1.82) is 0 Å². The molecule has 2 heterocycles. The molecule has 0 radical (unpaired) electrons. The second-order valence-corrected chi connectivity index (χ2v) is 4.08. The van der Waals surface area contributed by atoms with Crippen LogP contribution in [0.1, 0.15) is 0 Å². The maximum absolute atomic E-state index is 4.48. The quantitative estimate of drug-likeness (QED) is 0.673. The van der Waals surface area contributed by atoms with E-state index in [0.717, 1.165) is 17.1 Å². The van der Waals surface area contributed by atoms with E-state index < -0.39 is 0 Å². The Morgan fingerprint density at radius 2 is 1.94 bits per heavy atom. The highest BCUT2D eigenvalue weighted by molar-refractivity contribution is 7.07. The van der Waals surface area contributed by atoms with Crippen LogP contribution in [0.4, 0.5) is 0 Å². The summed E-state index contributed by atoms with van der Waals surface area (Å²) in [6, 6.07) is 12.1. The lowest BCUT2D eigenvalue weighted by Crippen LogP contribution is -1.94. The first-order chi connectivity index (χ1) is 7.93. The van der Waals surface area contributed by atoms with Crippen molar-refractivity contribution in [3.8, 4) is 17.1 Å². The number of benzene rings is 1. The minimum Gasteiger partial charge on any atom is -0.226 e. The molecule has 0 saturated heterocycles. The Morgan fingerprint density at radius 1 is 1.06 bits per heavy atom. The Morgan fingerprint density at radius 3 is 2.69 bits per heavy atom. The Hall–Kier alpha value is -1.94. The Kier molecular flexibility index (Phi) is 2.27. The fourth-order valence-electron chi connectivity index (χ4n) is 1.53. The van der Waals surface area contributed by atoms with Gasteiger partial charge in [0.1, 0.15) is 0 Å². The summed E-state index contributed by atoms with van der Waals surface area (Å²) in [5, 5.41) is 6.46. The van der Waals surface area contributed by atoms with Gasteiger partial charge in [-0.15, -0.1) is 11.3 Å². The smallest absolute Gasteiger partial charge is 0.164 e. The summed E-state index contributed by atoms with van der Waals surface area (Å²) in [4.78, 5) is 4.21. The fourth-order valence-corrected chi connectivity index (χ4v) is 2.05. The van der Waals surface area contributed by atoms with Crippen molar-refractivity contribution in [2.24, 2.45) is 0 Å². The molecule has 3 rings (SSSR count). The molecule has 78 valence electrons. The lowest BCUT2D eigenvalue weighted by molar-refractivity contribution is 0.858. The molecular formula is C12H9N3S. The van der Waals surface area contributed by atoms with Gasteiger partial charge in [0.25, 0.3) is 0 Å². The molecule has 0 aliphatic carbocycles. The minimum atomic E-state index is 0.868. The molecule has 3 nitrogen and oxygen atoms in total. The molecule has 0 N–H and O–H groups in total. The van der Waals surface area contributed by atoms with Crippen molar-refractivity contribution < 1.29 is 0 Å². The van der Waals surface area contributed by atoms with E-state index in [1.807, 2.05) is 48.0 Å². The van der Waals surface area contributed by atoms with E-state index in [0.29, 0.717) is 0 Å². The SMILES string of the molecule is c1ccc(-c2ccn(-c3cscn3)n2)cc1. The molecule has 0 atom stereocenters. The van der Waals surface area contributed by atoms with Crippen molar-refractivity contribution in [2.75, 3.05) is 0 Å². The lowest BCUT2D eigenvalue weighted by atomic mass is 10.2. The van der Waals surface area contributed by atoms with Gasteiger partial charge >= 0.3 is 0 Å². The number of hydrogen-bond acceptors (Lipinski definition) is 3. The summed E-state index contributed by atoms with van der Waals surface area (Å²) in [6.45, 7) is 0. The fraction of sp³-hybridized carbons (Fsp3) is 0. The third-order valence-electron chi connectivity index (χ3n) is 2.31. The van der Waals surface area contributed by atoms with Crippen molar-refractivity contribution in [2.45, 2.75) is 0 Å². The van der Waals surface area contributed by atoms with Gasteiger partial charge < -0.3 is 0 Å². The van der Waals surface area contributed by atoms with Gasteiger partial charge in [0.05, 0.1) is 11.2 Å². The Labute approximate surface area is 97.0 Å². The minimum absolute atomic E-state index is 0.868. The summed E-state index contributed by atoms with van der Waals surface area (Å²) < 4.78 is 1.79. The number of nitrogens with zero attached hydrogens (tertiary/aromatic N) is 3. The molecule has 0 aliphatic heterocycles. The average Bonchev–Trinajstić information content (AvgIpc) is 3.01. The predicted molar refractivity (Wildman–Crippen MR) is 64.7 cm³/mol. The normalized spacial score (nSPS) is 10.5. The molecule has 2 aromatic heterocycles. The van der Waals surface area contributed by atoms with Gasteiger partial charge in [0.2, 0.25) is 0 Å². The van der Waals surface area contributed by atoms with Crippen LogP contribution in [0.15, 0.2) is 53.5 Å². The van der Waals surface area contributed by atoms with Gasteiger partial charge in [0.15, 0.2) is 5.82 Å². The maximum Gasteiger partial charge on any atom is 0.164 e. The molecule has 16 heavy (non-hydrogen) atoms. The van der Waals surface area contributed by atoms with Crippen molar-refractivity contribution in [1.82, 2.24) is 14.8 Å². The molecule has 0 saturated carbocycles. The van der Waals surface area contributed by atoms with E-state index in [2.05, 4.69) is 10.1 Å². The van der Waals surface area contributed by atoms with Crippen molar-refractivity contribution in [3.05, 3.63) is 53.5 Å². The highest BCUT2D eigenvalue weighted by Crippen LogP contribution is 2.17. The van der Waals surface area contributed by atoms with Crippen molar-refractivity contribution >= 4 is 11.3 Å². The highest BCUT2D eigenvalue weighted by atomic mass is 32.1. The van der Waals surface area contributed by atoms with Gasteiger partial charge in [-0.1, -0.05) is 30.3 Å². The van der Waals surface area contributed by atoms with Crippen LogP contribution < -0.4 is 0 Å². The summed E-state index contributed by atoms with van der Waals surface area (Å²) in [6.07, 6.45) is 1.93. The van der Waals surface area contributed by atoms with E-state index in [-0.39, 0.29) is 0 Å². The number of rotatable bonds is 2. The van der Waals surface area contributed by atoms with Crippen LogP contribution in [-0.4, -0.2) is 14.8 Å². The number of hydrogen-bond donors (Lipinski definition) is 0. The largest absolute Gasteiger partial charge is 0.226 e. The predicted octanol–water partition coefficient (Wildman–Crippen LogP) is 3.00. The maximum atomic E-state index is 4.48. The molecule has 0 fully saturated rings. The van der Waals surface area contributed by atoms with Gasteiger partial charge in [-0.2, -0.15) is 5.10 Å². The lowest BCUT2D eigenvalue weighted by Gasteiger charge is -1.95. The molecule has 0 bridgehead atoms. The zero-order valence-corrected chi connectivity index (χ0v) is 9.26. The van der Waals surface area contributed by atoms with E-state index in [1.54, 1.807) is 21.5 Å². The van der Waals surface area contributed by atoms with E-state index in [4.69, 9.17) is 0 Å². The van der Waals surface area contributed by atoms with Gasteiger partial charge in [-0.05, 0) is 6.07 Å². The molecule has 1 aromatic carbocycles. The molecule has 0 amide bonds. The third-order valence-corrected chi connectivity index (χ3v) is 2.89. The van der Waals surface area contributed by atoms with E-state index in [9.17, 15) is 0 Å². The zero-order valence-electron chi connectivity index (χ0n) is 8.45. The average molecular weight is 227 g/mol. The topological polar surface area (TPSA) is 30.7 Å². The second-order valence-electron chi connectivity index (χ2n) is 3.36. The second kappa shape index (κ2) is 3.90. The monoisotopic (exact) mass is 227 g/mol. The molecule has 0 aliphatic rings. The van der Waals surface area contributed by atoms with E-state index in [1.165, 1.54) is 0 Å². The standard InChI is InChI=1S/C12H9N3S/c1-2-4-10(5-3-1)11-6-7-15(14-11)12-8-16-9-13-12/h1-9H. The number of thiazole rings is 1. The Bertz CT molecular complexity index is 569. The molecule has 4 heteroatoms. The number of aromatic nitrogens is 3. The Balaban J connectivity index is 2.00. The molecule has 3 aromatic rings. The summed E-state index contributed by atoms with van der Waals surface area (Å²) >= 11 is 1.57. The van der Waals surface area contributed by atoms with Crippen LogP contribution in [0.5, 0.6) is 0 Å². The van der Waals surface area contributed by atoms with Crippen LogP contribution in [-0.2, 0) is 0 Å². The van der Waals surface area contributed by atoms with Gasteiger partial charge in [0, 0.05) is 17.1 Å². The van der Waals surface area contributed by atoms with Crippen LogP contribution in [0, 0.1) is 0 Å². The summed E-state index contributed by atoms with van der Waals surface area (Å²) in [7, 11) is 0. The van der Waals surface area contributed by atoms with Gasteiger partial charge in [-0.3, -0.25) is 0 Å². The van der Waals surface area contributed by atoms with Crippen LogP contribution in [0.25, 0.3) is 17.1 Å². The van der Waals surface area contributed by atoms with Crippen LogP contribution >= 0.6 is 11.3 Å². The first-order valence-electron chi connectivity index (χ1n) is 4.93. The zero-order chi connectivity index (χ0) is 10.8. The first-order valence-corrected chi connectivity index (χ1v) is 5.87. The van der Waals surface area contributed by atoms with Crippen LogP contribution in [0.2, 0.25) is 0 Å². The van der Waals surface area contributed by atoms with Crippen LogP contribution in [0.3, 0.4) is 0 Å². The van der Waals surface area contributed by atoms with Crippen molar-refractivity contribution in [3.63, 3.8) is 0 Å². The summed E-state index contributed by atoms with van der Waals surface area (Å²) in [5.74, 6) is 0.868. The first kappa shape index (κ1) is 9.30. The molecule has 0 spiro atoms. The summed E-state index contributed by atoms with van der Waals surface area (Å²) in [5.41, 5.74) is 3.89. The highest BCUT2D eigenvalue weighted by Gasteiger charge is 2.03. The molecule has 0 unspecified atom stereocenters. The molecular weight excluding hydrogens is 218 g/mol.